The first-order valence-electron chi connectivity index (χ1n) is 5.20. The average Bonchev–Trinajstić information content (AvgIpc) is 3.16. The lowest BCUT2D eigenvalue weighted by atomic mass is 10.3. The summed E-state index contributed by atoms with van der Waals surface area (Å²) in [5.74, 6) is 1.88. The highest BCUT2D eigenvalue weighted by Gasteiger charge is 2.11. The first-order valence-corrected chi connectivity index (χ1v) is 9.17. The molecule has 98 valence electrons. The maximum Gasteiger partial charge on any atom is 0.258 e. The van der Waals surface area contributed by atoms with Gasteiger partial charge in [-0.05, 0) is 17.7 Å². The van der Waals surface area contributed by atoms with Crippen LogP contribution in [0.25, 0.3) is 11.5 Å². The fraction of sp³-hybridized carbons (Fsp3) is 0.200. The molecule has 0 aliphatic carbocycles. The van der Waals surface area contributed by atoms with Crippen LogP contribution in [0.3, 0.4) is 0 Å². The fourth-order valence-corrected chi connectivity index (χ4v) is 4.19. The van der Waals surface area contributed by atoms with Gasteiger partial charge in [0.1, 0.15) is 0 Å². The van der Waals surface area contributed by atoms with Gasteiger partial charge in [-0.1, -0.05) is 40.0 Å². The highest BCUT2D eigenvalue weighted by atomic mass is 32.2. The molecule has 0 saturated heterocycles. The van der Waals surface area contributed by atoms with Crippen molar-refractivity contribution in [1.82, 2.24) is 20.3 Å². The maximum absolute atomic E-state index is 5.22. The molecule has 0 radical (unpaired) electrons. The summed E-state index contributed by atoms with van der Waals surface area (Å²) in [6.07, 6.45) is 1.99. The van der Waals surface area contributed by atoms with Gasteiger partial charge in [-0.15, -0.1) is 10.2 Å². The number of hydrogen-bond donors (Lipinski definition) is 0. The molecule has 0 aromatic carbocycles. The van der Waals surface area contributed by atoms with Crippen molar-refractivity contribution < 1.29 is 4.52 Å². The van der Waals surface area contributed by atoms with Gasteiger partial charge in [0.05, 0.1) is 11.3 Å². The van der Waals surface area contributed by atoms with Crippen molar-refractivity contribution >= 4 is 46.2 Å². The van der Waals surface area contributed by atoms with Gasteiger partial charge in [0.25, 0.3) is 5.89 Å². The highest BCUT2D eigenvalue weighted by Crippen LogP contribution is 2.29. The van der Waals surface area contributed by atoms with E-state index in [0.29, 0.717) is 17.5 Å². The van der Waals surface area contributed by atoms with E-state index in [-0.39, 0.29) is 0 Å². The lowest BCUT2D eigenvalue weighted by molar-refractivity contribution is 0.425. The summed E-state index contributed by atoms with van der Waals surface area (Å²) in [6.45, 7) is 0. The molecule has 0 fully saturated rings. The summed E-state index contributed by atoms with van der Waals surface area (Å²) in [5.41, 5.74) is 0.967. The Morgan fingerprint density at radius 1 is 1.32 bits per heavy atom. The summed E-state index contributed by atoms with van der Waals surface area (Å²) in [6, 6.07) is 1.96. The topological polar surface area (TPSA) is 64.7 Å². The zero-order chi connectivity index (χ0) is 13.1. The van der Waals surface area contributed by atoms with Gasteiger partial charge in [0, 0.05) is 5.38 Å². The smallest absolute Gasteiger partial charge is 0.258 e. The summed E-state index contributed by atoms with van der Waals surface area (Å²) in [4.78, 5) is 4.35. The van der Waals surface area contributed by atoms with E-state index in [2.05, 4.69) is 20.3 Å². The number of thiophene rings is 1. The van der Waals surface area contributed by atoms with Crippen molar-refractivity contribution in [2.24, 2.45) is 0 Å². The molecule has 5 nitrogen and oxygen atoms in total. The van der Waals surface area contributed by atoms with E-state index < -0.39 is 0 Å². The number of nitrogens with zero attached hydrogens (tertiary/aromatic N) is 4. The summed E-state index contributed by atoms with van der Waals surface area (Å²) in [7, 11) is 0. The summed E-state index contributed by atoms with van der Waals surface area (Å²) < 4.78 is 7.11. The minimum Gasteiger partial charge on any atom is -0.334 e. The van der Waals surface area contributed by atoms with E-state index in [9.17, 15) is 0 Å². The fourth-order valence-electron chi connectivity index (χ4n) is 1.28. The third-order valence-electron chi connectivity index (χ3n) is 2.12. The van der Waals surface area contributed by atoms with E-state index in [4.69, 9.17) is 4.52 Å². The molecule has 0 N–H and O–H groups in total. The summed E-state index contributed by atoms with van der Waals surface area (Å²) in [5, 5.41) is 16.1. The maximum atomic E-state index is 5.22. The van der Waals surface area contributed by atoms with E-state index in [1.54, 1.807) is 46.2 Å². The second-order valence-corrected chi connectivity index (χ2v) is 7.39. The van der Waals surface area contributed by atoms with Gasteiger partial charge in [-0.25, -0.2) is 0 Å². The van der Waals surface area contributed by atoms with Crippen LogP contribution in [0.15, 0.2) is 30.0 Å². The normalized spacial score (nSPS) is 11.0. The average molecular weight is 328 g/mol. The Labute approximate surface area is 125 Å². The van der Waals surface area contributed by atoms with Crippen molar-refractivity contribution in [1.29, 1.82) is 0 Å². The number of rotatable bonds is 5. The van der Waals surface area contributed by atoms with Crippen LogP contribution in [0.5, 0.6) is 0 Å². The van der Waals surface area contributed by atoms with Crippen molar-refractivity contribution in [3.05, 3.63) is 22.7 Å². The van der Waals surface area contributed by atoms with Crippen LogP contribution in [0.4, 0.5) is 0 Å². The van der Waals surface area contributed by atoms with Crippen LogP contribution >= 0.6 is 46.2 Å². The molecule has 0 aliphatic rings. The van der Waals surface area contributed by atoms with Crippen LogP contribution in [-0.4, -0.2) is 26.6 Å². The SMILES string of the molecule is CSc1nnc(SCc2noc(-c3ccsc3)n2)s1. The van der Waals surface area contributed by atoms with Gasteiger partial charge in [-0.3, -0.25) is 0 Å². The Morgan fingerprint density at radius 3 is 2.95 bits per heavy atom. The van der Waals surface area contributed by atoms with Gasteiger partial charge in [-0.2, -0.15) is 16.3 Å². The second kappa shape index (κ2) is 6.04. The molecule has 0 saturated carbocycles. The molecule has 9 heteroatoms. The molecule has 3 aromatic rings. The third kappa shape index (κ3) is 3.16. The van der Waals surface area contributed by atoms with Crippen LogP contribution in [0.2, 0.25) is 0 Å². The number of aromatic nitrogens is 4. The molecule has 0 spiro atoms. The molecule has 0 bridgehead atoms. The minimum atomic E-state index is 0.568. The second-order valence-electron chi connectivity index (χ2n) is 3.35. The molecule has 0 aliphatic heterocycles. The molecular formula is C10H8N4OS4. The Balaban J connectivity index is 1.64. The first kappa shape index (κ1) is 13.1. The molecule has 0 amide bonds. The molecule has 19 heavy (non-hydrogen) atoms. The van der Waals surface area contributed by atoms with E-state index in [1.807, 2.05) is 23.1 Å². The van der Waals surface area contributed by atoms with Crippen molar-refractivity contribution in [3.63, 3.8) is 0 Å². The third-order valence-corrected chi connectivity index (χ3v) is 5.83. The zero-order valence-corrected chi connectivity index (χ0v) is 13.0. The first-order chi connectivity index (χ1) is 9.35. The van der Waals surface area contributed by atoms with Crippen LogP contribution in [-0.2, 0) is 5.75 Å². The minimum absolute atomic E-state index is 0.568. The molecular weight excluding hydrogens is 320 g/mol. The van der Waals surface area contributed by atoms with Gasteiger partial charge >= 0.3 is 0 Å². The molecule has 0 atom stereocenters. The van der Waals surface area contributed by atoms with Crippen molar-refractivity contribution in [2.45, 2.75) is 14.4 Å². The Bertz CT molecular complexity index is 648. The quantitative estimate of drug-likeness (QED) is 0.662. The van der Waals surface area contributed by atoms with E-state index in [0.717, 1.165) is 14.2 Å². The predicted molar refractivity (Wildman–Crippen MR) is 78.9 cm³/mol. The van der Waals surface area contributed by atoms with E-state index >= 15 is 0 Å². The number of thioether (sulfide) groups is 2. The zero-order valence-electron chi connectivity index (χ0n) is 9.77. The Morgan fingerprint density at radius 2 is 2.21 bits per heavy atom. The van der Waals surface area contributed by atoms with E-state index in [1.165, 1.54) is 0 Å². The van der Waals surface area contributed by atoms with Crippen LogP contribution < -0.4 is 0 Å². The van der Waals surface area contributed by atoms with Crippen molar-refractivity contribution in [3.8, 4) is 11.5 Å². The van der Waals surface area contributed by atoms with Crippen molar-refractivity contribution in [2.75, 3.05) is 6.26 Å². The highest BCUT2D eigenvalue weighted by molar-refractivity contribution is 8.02. The van der Waals surface area contributed by atoms with Gasteiger partial charge in [0.15, 0.2) is 14.5 Å². The standard InChI is InChI=1S/C10H8N4OS4/c1-16-9-12-13-10(19-9)18-5-7-11-8(15-14-7)6-2-3-17-4-6/h2-4H,5H2,1H3. The van der Waals surface area contributed by atoms with Gasteiger partial charge < -0.3 is 4.52 Å². The molecule has 3 heterocycles. The largest absolute Gasteiger partial charge is 0.334 e. The Hall–Kier alpha value is -0.900. The molecule has 3 rings (SSSR count). The lowest BCUT2D eigenvalue weighted by Gasteiger charge is -1.89. The monoisotopic (exact) mass is 328 g/mol. The number of hydrogen-bond acceptors (Lipinski definition) is 9. The van der Waals surface area contributed by atoms with Crippen LogP contribution in [0, 0.1) is 0 Å². The van der Waals surface area contributed by atoms with Gasteiger partial charge in [0.2, 0.25) is 0 Å². The lowest BCUT2D eigenvalue weighted by Crippen LogP contribution is -1.83. The predicted octanol–water partition coefficient (Wildman–Crippen LogP) is 3.66. The van der Waals surface area contributed by atoms with Crippen LogP contribution in [0.1, 0.15) is 5.82 Å². The molecule has 0 unspecified atom stereocenters. The summed E-state index contributed by atoms with van der Waals surface area (Å²) >= 11 is 6.35. The molecule has 3 aromatic heterocycles. The Kier molecular flexibility index (Phi) is 4.16.